The van der Waals surface area contributed by atoms with Crippen LogP contribution in [-0.4, -0.2) is 23.6 Å². The Morgan fingerprint density at radius 1 is 1.47 bits per heavy atom. The molecule has 1 fully saturated rings. The summed E-state index contributed by atoms with van der Waals surface area (Å²) in [5.74, 6) is 0.167. The van der Waals surface area contributed by atoms with E-state index >= 15 is 0 Å². The van der Waals surface area contributed by atoms with Gasteiger partial charge >= 0.3 is 0 Å². The van der Waals surface area contributed by atoms with Crippen LogP contribution in [0, 0.1) is 6.92 Å². The van der Waals surface area contributed by atoms with Crippen molar-refractivity contribution in [1.82, 2.24) is 0 Å². The number of hydrogen-bond donors (Lipinski definition) is 2. The van der Waals surface area contributed by atoms with Crippen LogP contribution >= 0.6 is 0 Å². The van der Waals surface area contributed by atoms with E-state index in [4.69, 9.17) is 10.9 Å². The Labute approximate surface area is 114 Å². The van der Waals surface area contributed by atoms with Crippen LogP contribution in [0.1, 0.15) is 43.7 Å². The smallest absolute Gasteiger partial charge is 0.170 e. The first kappa shape index (κ1) is 13.7. The van der Waals surface area contributed by atoms with Crippen LogP contribution in [0.3, 0.4) is 0 Å². The van der Waals surface area contributed by atoms with E-state index in [-0.39, 0.29) is 5.84 Å². The Morgan fingerprint density at radius 3 is 2.89 bits per heavy atom. The summed E-state index contributed by atoms with van der Waals surface area (Å²) in [6.07, 6.45) is 5.05. The Hall–Kier alpha value is -1.71. The average Bonchev–Trinajstić information content (AvgIpc) is 2.46. The van der Waals surface area contributed by atoms with Crippen LogP contribution in [-0.2, 0) is 0 Å². The molecule has 0 saturated carbocycles. The highest BCUT2D eigenvalue weighted by Gasteiger charge is 2.22. The van der Waals surface area contributed by atoms with E-state index in [1.807, 2.05) is 12.1 Å². The average molecular weight is 261 g/mol. The summed E-state index contributed by atoms with van der Waals surface area (Å²) in [5, 5.41) is 11.8. The van der Waals surface area contributed by atoms with E-state index in [2.05, 4.69) is 30.0 Å². The Kier molecular flexibility index (Phi) is 4.30. The molecule has 1 aromatic carbocycles. The number of oxime groups is 1. The molecule has 19 heavy (non-hydrogen) atoms. The fourth-order valence-electron chi connectivity index (χ4n) is 2.94. The number of aryl methyl sites for hydroxylation is 1. The van der Waals surface area contributed by atoms with Gasteiger partial charge in [0.25, 0.3) is 0 Å². The minimum atomic E-state index is 0.167. The summed E-state index contributed by atoms with van der Waals surface area (Å²) in [7, 11) is 0. The molecule has 1 heterocycles. The maximum absolute atomic E-state index is 8.73. The highest BCUT2D eigenvalue weighted by atomic mass is 16.4. The van der Waals surface area contributed by atoms with Crippen LogP contribution < -0.4 is 10.6 Å². The topological polar surface area (TPSA) is 61.8 Å². The van der Waals surface area contributed by atoms with Crippen molar-refractivity contribution in [3.05, 3.63) is 29.3 Å². The molecule has 1 saturated heterocycles. The fourth-order valence-corrected chi connectivity index (χ4v) is 2.94. The number of rotatable bonds is 3. The van der Waals surface area contributed by atoms with Crippen molar-refractivity contribution in [2.75, 3.05) is 11.4 Å². The lowest BCUT2D eigenvalue weighted by Gasteiger charge is -2.38. The molecule has 2 rings (SSSR count). The van der Waals surface area contributed by atoms with Gasteiger partial charge in [-0.05, 0) is 56.4 Å². The molecule has 0 spiro atoms. The van der Waals surface area contributed by atoms with Gasteiger partial charge in [-0.3, -0.25) is 0 Å². The first-order valence-corrected chi connectivity index (χ1v) is 7.02. The SMILES string of the molecule is CCC1CCCCN1c1ccc(/C(N)=N/O)cc1C. The molecular weight excluding hydrogens is 238 g/mol. The first-order chi connectivity index (χ1) is 9.17. The van der Waals surface area contributed by atoms with Gasteiger partial charge in [0.2, 0.25) is 0 Å². The Balaban J connectivity index is 2.29. The zero-order chi connectivity index (χ0) is 13.8. The molecular formula is C15H23N3O. The predicted molar refractivity (Wildman–Crippen MR) is 79.0 cm³/mol. The second-order valence-electron chi connectivity index (χ2n) is 5.24. The zero-order valence-electron chi connectivity index (χ0n) is 11.8. The molecule has 1 atom stereocenters. The highest BCUT2D eigenvalue weighted by molar-refractivity contribution is 5.97. The lowest BCUT2D eigenvalue weighted by Crippen LogP contribution is -2.39. The lowest BCUT2D eigenvalue weighted by atomic mass is 9.97. The minimum Gasteiger partial charge on any atom is -0.409 e. The molecule has 1 aliphatic rings. The second-order valence-corrected chi connectivity index (χ2v) is 5.24. The van der Waals surface area contributed by atoms with E-state index in [0.29, 0.717) is 6.04 Å². The van der Waals surface area contributed by atoms with Gasteiger partial charge in [-0.2, -0.15) is 0 Å². The summed E-state index contributed by atoms with van der Waals surface area (Å²) >= 11 is 0. The molecule has 3 N–H and O–H groups in total. The molecule has 0 amide bonds. The summed E-state index contributed by atoms with van der Waals surface area (Å²) in [5.41, 5.74) is 8.87. The third-order valence-corrected chi connectivity index (χ3v) is 4.01. The maximum Gasteiger partial charge on any atom is 0.170 e. The summed E-state index contributed by atoms with van der Waals surface area (Å²) in [4.78, 5) is 2.51. The van der Waals surface area contributed by atoms with Gasteiger partial charge in [-0.1, -0.05) is 12.1 Å². The van der Waals surface area contributed by atoms with Gasteiger partial charge in [0.15, 0.2) is 5.84 Å². The predicted octanol–water partition coefficient (Wildman–Crippen LogP) is 2.86. The largest absolute Gasteiger partial charge is 0.409 e. The Morgan fingerprint density at radius 2 is 2.26 bits per heavy atom. The summed E-state index contributed by atoms with van der Waals surface area (Å²) in [6.45, 7) is 5.47. The van der Waals surface area contributed by atoms with Gasteiger partial charge in [-0.15, -0.1) is 0 Å². The van der Waals surface area contributed by atoms with Crippen LogP contribution in [0.15, 0.2) is 23.4 Å². The maximum atomic E-state index is 8.73. The molecule has 1 unspecified atom stereocenters. The van der Waals surface area contributed by atoms with E-state index in [0.717, 1.165) is 12.1 Å². The lowest BCUT2D eigenvalue weighted by molar-refractivity contribution is 0.318. The van der Waals surface area contributed by atoms with Crippen LogP contribution in [0.4, 0.5) is 5.69 Å². The van der Waals surface area contributed by atoms with Crippen molar-refractivity contribution >= 4 is 11.5 Å². The van der Waals surface area contributed by atoms with Gasteiger partial charge in [0.1, 0.15) is 0 Å². The van der Waals surface area contributed by atoms with Gasteiger partial charge < -0.3 is 15.8 Å². The van der Waals surface area contributed by atoms with Crippen molar-refractivity contribution in [2.24, 2.45) is 10.9 Å². The van der Waals surface area contributed by atoms with Crippen molar-refractivity contribution in [3.63, 3.8) is 0 Å². The number of hydrogen-bond acceptors (Lipinski definition) is 3. The molecule has 0 aromatic heterocycles. The number of piperidine rings is 1. The quantitative estimate of drug-likeness (QED) is 0.380. The molecule has 0 aliphatic carbocycles. The van der Waals surface area contributed by atoms with E-state index in [1.54, 1.807) is 0 Å². The van der Waals surface area contributed by atoms with E-state index in [1.165, 1.54) is 36.9 Å². The van der Waals surface area contributed by atoms with Crippen LogP contribution in [0.25, 0.3) is 0 Å². The van der Waals surface area contributed by atoms with E-state index < -0.39 is 0 Å². The Bertz CT molecular complexity index is 470. The number of amidine groups is 1. The third-order valence-electron chi connectivity index (χ3n) is 4.01. The van der Waals surface area contributed by atoms with Crippen LogP contribution in [0.5, 0.6) is 0 Å². The number of nitrogens with zero attached hydrogens (tertiary/aromatic N) is 2. The fraction of sp³-hybridized carbons (Fsp3) is 0.533. The molecule has 1 aliphatic heterocycles. The molecule has 4 heteroatoms. The second kappa shape index (κ2) is 5.95. The van der Waals surface area contributed by atoms with Gasteiger partial charge in [0, 0.05) is 23.8 Å². The molecule has 0 bridgehead atoms. The molecule has 4 nitrogen and oxygen atoms in total. The van der Waals surface area contributed by atoms with E-state index in [9.17, 15) is 0 Å². The monoisotopic (exact) mass is 261 g/mol. The van der Waals surface area contributed by atoms with Crippen LogP contribution in [0.2, 0.25) is 0 Å². The number of nitrogens with two attached hydrogens (primary N) is 1. The minimum absolute atomic E-state index is 0.167. The number of benzene rings is 1. The van der Waals surface area contributed by atoms with Gasteiger partial charge in [-0.25, -0.2) is 0 Å². The number of anilines is 1. The highest BCUT2D eigenvalue weighted by Crippen LogP contribution is 2.29. The van der Waals surface area contributed by atoms with Crippen molar-refractivity contribution in [3.8, 4) is 0 Å². The summed E-state index contributed by atoms with van der Waals surface area (Å²) in [6, 6.07) is 6.66. The van der Waals surface area contributed by atoms with Gasteiger partial charge in [0.05, 0.1) is 0 Å². The first-order valence-electron chi connectivity index (χ1n) is 7.02. The molecule has 1 aromatic rings. The summed E-state index contributed by atoms with van der Waals surface area (Å²) < 4.78 is 0. The molecule has 0 radical (unpaired) electrons. The normalized spacial score (nSPS) is 20.6. The third kappa shape index (κ3) is 2.83. The van der Waals surface area contributed by atoms with Crippen molar-refractivity contribution in [1.29, 1.82) is 0 Å². The molecule has 104 valence electrons. The standard InChI is InChI=1S/C15H23N3O/c1-3-13-6-4-5-9-18(13)14-8-7-12(10-11(14)2)15(16)17-19/h7-8,10,13,19H,3-6,9H2,1-2H3,(H2,16,17). The van der Waals surface area contributed by atoms with Crippen molar-refractivity contribution in [2.45, 2.75) is 45.6 Å². The van der Waals surface area contributed by atoms with Crippen molar-refractivity contribution < 1.29 is 5.21 Å². The zero-order valence-corrected chi connectivity index (χ0v) is 11.8.